The molecular formula is C26H35N5O3. The van der Waals surface area contributed by atoms with Crippen LogP contribution < -0.4 is 30.7 Å². The van der Waals surface area contributed by atoms with Crippen molar-refractivity contribution in [3.05, 3.63) is 65.4 Å². The summed E-state index contributed by atoms with van der Waals surface area (Å²) < 4.78 is 10.6. The predicted molar refractivity (Wildman–Crippen MR) is 136 cm³/mol. The van der Waals surface area contributed by atoms with Gasteiger partial charge >= 0.3 is 0 Å². The zero-order chi connectivity index (χ0) is 24.7. The molecule has 34 heavy (non-hydrogen) atoms. The lowest BCUT2D eigenvalue weighted by molar-refractivity contribution is 0.0977. The molecule has 1 saturated heterocycles. The van der Waals surface area contributed by atoms with Crippen molar-refractivity contribution in [3.63, 3.8) is 0 Å². The van der Waals surface area contributed by atoms with Crippen LogP contribution in [-0.4, -0.2) is 51.1 Å². The van der Waals surface area contributed by atoms with Crippen LogP contribution in [0.3, 0.4) is 0 Å². The monoisotopic (exact) mass is 465 g/mol. The molecule has 3 rings (SSSR count). The first-order valence-electron chi connectivity index (χ1n) is 11.5. The SMILES string of the molecule is COc1cc(CCC(N)=CC(=N)NC(=O)c2ccc(N3C[C@@H](C)N[C@@H](C)C3)cc2)cc(OC)c1. The third-order valence-electron chi connectivity index (χ3n) is 5.74. The number of ether oxygens (including phenoxy) is 2. The summed E-state index contributed by atoms with van der Waals surface area (Å²) in [5, 5.41) is 14.2. The molecule has 1 heterocycles. The van der Waals surface area contributed by atoms with Crippen LogP contribution >= 0.6 is 0 Å². The lowest BCUT2D eigenvalue weighted by Gasteiger charge is -2.37. The van der Waals surface area contributed by atoms with Gasteiger partial charge in [0.05, 0.1) is 14.2 Å². The third kappa shape index (κ3) is 6.99. The van der Waals surface area contributed by atoms with Gasteiger partial charge in [-0.05, 0) is 74.7 Å². The molecule has 0 radical (unpaired) electrons. The molecule has 5 N–H and O–H groups in total. The second-order valence-electron chi connectivity index (χ2n) is 8.73. The van der Waals surface area contributed by atoms with Crippen LogP contribution in [0.2, 0.25) is 0 Å². The van der Waals surface area contributed by atoms with Gasteiger partial charge in [-0.2, -0.15) is 0 Å². The van der Waals surface area contributed by atoms with Gasteiger partial charge in [0.2, 0.25) is 0 Å². The maximum absolute atomic E-state index is 12.6. The molecule has 2 atom stereocenters. The van der Waals surface area contributed by atoms with E-state index in [1.54, 1.807) is 26.4 Å². The van der Waals surface area contributed by atoms with Gasteiger partial charge < -0.3 is 30.7 Å². The number of nitrogens with one attached hydrogen (secondary N) is 3. The van der Waals surface area contributed by atoms with Gasteiger partial charge in [0, 0.05) is 48.2 Å². The highest BCUT2D eigenvalue weighted by atomic mass is 16.5. The standard InChI is InChI=1S/C26H35N5O3/c1-17-15-31(16-18(2)29-17)22-9-6-20(7-10-22)26(32)30-25(28)13-21(27)8-5-19-11-23(33-3)14-24(12-19)34-4/h6-7,9-14,17-18,29H,5,8,15-16,27H2,1-4H3,(H2,28,30,32)/t17-,18+. The Morgan fingerprint density at radius 1 is 1.12 bits per heavy atom. The number of carbonyl (C=O) groups is 1. The molecule has 8 nitrogen and oxygen atoms in total. The van der Waals surface area contributed by atoms with Gasteiger partial charge in [-0.3, -0.25) is 10.2 Å². The van der Waals surface area contributed by atoms with Crippen LogP contribution in [0.25, 0.3) is 0 Å². The Hall–Kier alpha value is -3.52. The van der Waals surface area contributed by atoms with E-state index >= 15 is 0 Å². The summed E-state index contributed by atoms with van der Waals surface area (Å²) in [6.07, 6.45) is 2.67. The minimum Gasteiger partial charge on any atom is -0.497 e. The predicted octanol–water partition coefficient (Wildman–Crippen LogP) is 3.07. The van der Waals surface area contributed by atoms with E-state index in [2.05, 4.69) is 29.4 Å². The number of carbonyl (C=O) groups excluding carboxylic acids is 1. The normalized spacial score (nSPS) is 18.4. The Labute approximate surface area is 201 Å². The van der Waals surface area contributed by atoms with Crippen molar-refractivity contribution in [1.29, 1.82) is 5.41 Å². The van der Waals surface area contributed by atoms with Crippen molar-refractivity contribution >= 4 is 17.4 Å². The van der Waals surface area contributed by atoms with Crippen LogP contribution in [0.15, 0.2) is 54.2 Å². The second-order valence-corrected chi connectivity index (χ2v) is 8.73. The van der Waals surface area contributed by atoms with E-state index < -0.39 is 0 Å². The van der Waals surface area contributed by atoms with Crippen LogP contribution in [0.5, 0.6) is 11.5 Å². The lowest BCUT2D eigenvalue weighted by Crippen LogP contribution is -2.54. The van der Waals surface area contributed by atoms with Crippen LogP contribution in [0, 0.1) is 5.41 Å². The number of allylic oxidation sites excluding steroid dienone is 1. The molecule has 1 aliphatic heterocycles. The average Bonchev–Trinajstić information content (AvgIpc) is 2.81. The van der Waals surface area contributed by atoms with Gasteiger partial charge in [0.15, 0.2) is 0 Å². The number of hydrogen-bond acceptors (Lipinski definition) is 7. The summed E-state index contributed by atoms with van der Waals surface area (Å²) in [4.78, 5) is 14.9. The Morgan fingerprint density at radius 2 is 1.71 bits per heavy atom. The number of anilines is 1. The first kappa shape index (κ1) is 25.1. The van der Waals surface area contributed by atoms with Gasteiger partial charge in [0.1, 0.15) is 17.3 Å². The molecule has 2 aromatic carbocycles. The molecule has 0 unspecified atom stereocenters. The fraction of sp³-hybridized carbons (Fsp3) is 0.385. The molecule has 1 aliphatic rings. The van der Waals surface area contributed by atoms with E-state index in [4.69, 9.17) is 20.6 Å². The van der Waals surface area contributed by atoms with Gasteiger partial charge in [-0.1, -0.05) is 0 Å². The van der Waals surface area contributed by atoms with Crippen LogP contribution in [0.4, 0.5) is 5.69 Å². The lowest BCUT2D eigenvalue weighted by atomic mass is 10.1. The minimum atomic E-state index is -0.333. The molecule has 1 fully saturated rings. The quantitative estimate of drug-likeness (QED) is 0.352. The highest BCUT2D eigenvalue weighted by molar-refractivity contribution is 6.09. The third-order valence-corrected chi connectivity index (χ3v) is 5.74. The van der Waals surface area contributed by atoms with Gasteiger partial charge in [-0.15, -0.1) is 0 Å². The zero-order valence-corrected chi connectivity index (χ0v) is 20.4. The fourth-order valence-electron chi connectivity index (χ4n) is 4.15. The number of hydrogen-bond donors (Lipinski definition) is 4. The molecule has 0 saturated carbocycles. The van der Waals surface area contributed by atoms with Crippen LogP contribution in [0.1, 0.15) is 36.2 Å². The van der Waals surface area contributed by atoms with Crippen molar-refractivity contribution in [1.82, 2.24) is 10.6 Å². The number of rotatable bonds is 8. The Bertz CT molecular complexity index is 1000. The fourth-order valence-corrected chi connectivity index (χ4v) is 4.15. The summed E-state index contributed by atoms with van der Waals surface area (Å²) in [7, 11) is 3.22. The van der Waals surface area contributed by atoms with Crippen molar-refractivity contribution < 1.29 is 14.3 Å². The molecule has 0 aliphatic carbocycles. The Kier molecular flexibility index (Phi) is 8.54. The molecular weight excluding hydrogens is 430 g/mol. The number of nitrogens with two attached hydrogens (primary N) is 1. The summed E-state index contributed by atoms with van der Waals surface area (Å²) in [5.41, 5.74) is 9.20. The number of benzene rings is 2. The topological polar surface area (TPSA) is 113 Å². The Morgan fingerprint density at radius 3 is 2.26 bits per heavy atom. The van der Waals surface area contributed by atoms with Crippen LogP contribution in [-0.2, 0) is 6.42 Å². The molecule has 2 aromatic rings. The van der Waals surface area contributed by atoms with E-state index in [0.717, 1.165) is 24.3 Å². The number of amides is 1. The number of amidine groups is 1. The smallest absolute Gasteiger partial charge is 0.256 e. The van der Waals surface area contributed by atoms with E-state index in [0.29, 0.717) is 47.7 Å². The van der Waals surface area contributed by atoms with E-state index in [1.165, 1.54) is 6.08 Å². The summed E-state index contributed by atoms with van der Waals surface area (Å²) in [5.74, 6) is 1.05. The van der Waals surface area contributed by atoms with Gasteiger partial charge in [0.25, 0.3) is 5.91 Å². The number of nitrogens with zero attached hydrogens (tertiary/aromatic N) is 1. The second kappa shape index (κ2) is 11.6. The summed E-state index contributed by atoms with van der Waals surface area (Å²) in [6.45, 7) is 6.19. The van der Waals surface area contributed by atoms with E-state index in [9.17, 15) is 4.79 Å². The summed E-state index contributed by atoms with van der Waals surface area (Å²) in [6, 6.07) is 14.0. The molecule has 0 bridgehead atoms. The molecule has 182 valence electrons. The number of piperazine rings is 1. The zero-order valence-electron chi connectivity index (χ0n) is 20.4. The molecule has 0 spiro atoms. The Balaban J connectivity index is 1.54. The molecule has 8 heteroatoms. The average molecular weight is 466 g/mol. The molecule has 1 amide bonds. The number of methoxy groups -OCH3 is 2. The summed E-state index contributed by atoms with van der Waals surface area (Å²) >= 11 is 0. The van der Waals surface area contributed by atoms with Crippen molar-refractivity contribution in [3.8, 4) is 11.5 Å². The van der Waals surface area contributed by atoms with E-state index in [1.807, 2.05) is 30.3 Å². The number of aryl methyl sites for hydroxylation is 1. The maximum atomic E-state index is 12.6. The first-order chi connectivity index (χ1) is 16.3. The van der Waals surface area contributed by atoms with Gasteiger partial charge in [-0.25, -0.2) is 0 Å². The van der Waals surface area contributed by atoms with Crippen molar-refractivity contribution in [2.45, 2.75) is 38.8 Å². The maximum Gasteiger partial charge on any atom is 0.256 e. The highest BCUT2D eigenvalue weighted by Crippen LogP contribution is 2.23. The van der Waals surface area contributed by atoms with Crippen molar-refractivity contribution in [2.24, 2.45) is 5.73 Å². The van der Waals surface area contributed by atoms with Crippen molar-refractivity contribution in [2.75, 3.05) is 32.2 Å². The van der Waals surface area contributed by atoms with E-state index in [-0.39, 0.29) is 11.7 Å². The molecule has 0 aromatic heterocycles. The minimum absolute atomic E-state index is 0.0421. The largest absolute Gasteiger partial charge is 0.497 e. The first-order valence-corrected chi connectivity index (χ1v) is 11.5. The highest BCUT2D eigenvalue weighted by Gasteiger charge is 2.21.